The molecule has 1 fully saturated rings. The minimum Gasteiger partial charge on any atom is -0.444 e. The highest BCUT2D eigenvalue weighted by molar-refractivity contribution is 5.70. The van der Waals surface area contributed by atoms with Crippen LogP contribution in [0.1, 0.15) is 53.4 Å². The number of hydrogen-bond donors (Lipinski definition) is 0. The third kappa shape index (κ3) is 3.93. The monoisotopic (exact) mass is 362 g/mol. The minimum atomic E-state index is -0.505. The molecule has 0 radical (unpaired) electrons. The van der Waals surface area contributed by atoms with E-state index < -0.39 is 5.60 Å². The van der Waals surface area contributed by atoms with Crippen molar-refractivity contribution in [3.8, 4) is 0 Å². The zero-order valence-corrected chi connectivity index (χ0v) is 17.2. The van der Waals surface area contributed by atoms with Crippen molar-refractivity contribution < 1.29 is 14.3 Å². The van der Waals surface area contributed by atoms with E-state index >= 15 is 0 Å². The molecular formula is C21H34N2O3. The summed E-state index contributed by atoms with van der Waals surface area (Å²) in [6.45, 7) is 8.94. The molecule has 1 heterocycles. The third-order valence-electron chi connectivity index (χ3n) is 5.58. The summed E-state index contributed by atoms with van der Waals surface area (Å²) in [6, 6.07) is 0.0730. The molecule has 0 aromatic rings. The lowest BCUT2D eigenvalue weighted by Gasteiger charge is -2.36. The van der Waals surface area contributed by atoms with E-state index in [2.05, 4.69) is 18.0 Å². The van der Waals surface area contributed by atoms with Gasteiger partial charge in [-0.25, -0.2) is 4.79 Å². The van der Waals surface area contributed by atoms with Gasteiger partial charge in [-0.05, 0) is 63.5 Å². The quantitative estimate of drug-likeness (QED) is 0.657. The molecule has 1 aliphatic heterocycles. The van der Waals surface area contributed by atoms with Gasteiger partial charge in [0.15, 0.2) is 0 Å². The van der Waals surface area contributed by atoms with Crippen molar-refractivity contribution >= 4 is 6.09 Å². The number of carbonyl (C=O) groups is 1. The minimum absolute atomic E-state index is 0.0730. The molecule has 26 heavy (non-hydrogen) atoms. The fourth-order valence-electron chi connectivity index (χ4n) is 4.70. The summed E-state index contributed by atoms with van der Waals surface area (Å²) in [4.78, 5) is 16.9. The Bertz CT molecular complexity index is 615. The molecule has 0 bridgehead atoms. The summed E-state index contributed by atoms with van der Waals surface area (Å²) >= 11 is 0. The first-order valence-electron chi connectivity index (χ1n) is 9.83. The first-order chi connectivity index (χ1) is 12.2. The lowest BCUT2D eigenvalue weighted by molar-refractivity contribution is -0.0143. The summed E-state index contributed by atoms with van der Waals surface area (Å²) in [5.41, 5.74) is 3.82. The number of hydrogen-bond acceptors (Lipinski definition) is 4. The number of amides is 1. The van der Waals surface area contributed by atoms with Crippen LogP contribution in [0.5, 0.6) is 0 Å². The Balaban J connectivity index is 1.98. The number of nitrogens with zero attached hydrogens (tertiary/aromatic N) is 2. The molecule has 3 unspecified atom stereocenters. The molecule has 1 saturated heterocycles. The molecule has 0 aromatic carbocycles. The van der Waals surface area contributed by atoms with Crippen LogP contribution in [0.25, 0.3) is 0 Å². The van der Waals surface area contributed by atoms with Crippen LogP contribution in [0, 0.1) is 11.8 Å². The fourth-order valence-corrected chi connectivity index (χ4v) is 4.70. The highest BCUT2D eigenvalue weighted by Crippen LogP contribution is 2.49. The second-order valence-corrected chi connectivity index (χ2v) is 9.20. The molecule has 1 amide bonds. The standard InChI is InChI=1S/C21H34N2O3/c1-14-8-7-9-15-10-17-16(11-22(5)6)12-25-13-23(19(17)18(14)15)20(24)26-21(2,3)4/h11,14,17,19H,7-10,12-13H2,1-6H3/b16-11-. The van der Waals surface area contributed by atoms with Crippen molar-refractivity contribution in [3.63, 3.8) is 0 Å². The summed E-state index contributed by atoms with van der Waals surface area (Å²) in [5, 5.41) is 0. The summed E-state index contributed by atoms with van der Waals surface area (Å²) in [6.07, 6.45) is 6.61. The Morgan fingerprint density at radius 3 is 2.73 bits per heavy atom. The predicted octanol–water partition coefficient (Wildman–Crippen LogP) is 4.16. The van der Waals surface area contributed by atoms with E-state index in [-0.39, 0.29) is 12.1 Å². The molecule has 0 spiro atoms. The van der Waals surface area contributed by atoms with Crippen LogP contribution in [0.3, 0.4) is 0 Å². The highest BCUT2D eigenvalue weighted by Gasteiger charge is 2.46. The van der Waals surface area contributed by atoms with Gasteiger partial charge in [-0.3, -0.25) is 4.90 Å². The van der Waals surface area contributed by atoms with Gasteiger partial charge in [0.05, 0.1) is 12.6 Å². The molecule has 0 aromatic heterocycles. The summed E-state index contributed by atoms with van der Waals surface area (Å²) in [7, 11) is 4.09. The molecule has 146 valence electrons. The first kappa shape index (κ1) is 19.3. The van der Waals surface area contributed by atoms with Crippen LogP contribution in [0.2, 0.25) is 0 Å². The fraction of sp³-hybridized carbons (Fsp3) is 0.762. The topological polar surface area (TPSA) is 42.0 Å². The van der Waals surface area contributed by atoms with Crippen LogP contribution in [-0.2, 0) is 9.47 Å². The lowest BCUT2D eigenvalue weighted by atomic mass is 9.82. The maximum atomic E-state index is 13.0. The van der Waals surface area contributed by atoms with Crippen molar-refractivity contribution in [2.75, 3.05) is 27.4 Å². The average molecular weight is 363 g/mol. The molecule has 2 aliphatic carbocycles. The first-order valence-corrected chi connectivity index (χ1v) is 9.83. The Kier molecular flexibility index (Phi) is 5.38. The third-order valence-corrected chi connectivity index (χ3v) is 5.58. The van der Waals surface area contributed by atoms with Gasteiger partial charge in [-0.15, -0.1) is 0 Å². The van der Waals surface area contributed by atoms with Gasteiger partial charge in [-0.2, -0.15) is 0 Å². The van der Waals surface area contributed by atoms with E-state index in [1.165, 1.54) is 30.4 Å². The van der Waals surface area contributed by atoms with E-state index in [1.54, 1.807) is 5.57 Å². The number of carbonyl (C=O) groups excluding carboxylic acids is 1. The number of rotatable bonds is 1. The van der Waals surface area contributed by atoms with E-state index in [0.717, 1.165) is 6.42 Å². The number of ether oxygens (including phenoxy) is 2. The van der Waals surface area contributed by atoms with Crippen molar-refractivity contribution in [2.45, 2.75) is 65.0 Å². The van der Waals surface area contributed by atoms with Crippen molar-refractivity contribution in [1.29, 1.82) is 0 Å². The van der Waals surface area contributed by atoms with Gasteiger partial charge < -0.3 is 14.4 Å². The smallest absolute Gasteiger partial charge is 0.412 e. The Morgan fingerprint density at radius 1 is 1.35 bits per heavy atom. The van der Waals surface area contributed by atoms with Gasteiger partial charge in [0.25, 0.3) is 0 Å². The molecule has 5 nitrogen and oxygen atoms in total. The van der Waals surface area contributed by atoms with Crippen LogP contribution < -0.4 is 0 Å². The Morgan fingerprint density at radius 2 is 2.08 bits per heavy atom. The molecule has 3 aliphatic rings. The Hall–Kier alpha value is -1.49. The summed E-state index contributed by atoms with van der Waals surface area (Å²) < 4.78 is 11.6. The lowest BCUT2D eigenvalue weighted by Crippen LogP contribution is -2.47. The van der Waals surface area contributed by atoms with Gasteiger partial charge in [-0.1, -0.05) is 12.5 Å². The highest BCUT2D eigenvalue weighted by atomic mass is 16.6. The van der Waals surface area contributed by atoms with E-state index in [9.17, 15) is 4.79 Å². The molecule has 0 saturated carbocycles. The zero-order valence-electron chi connectivity index (χ0n) is 17.2. The molecule has 3 atom stereocenters. The molecular weight excluding hydrogens is 328 g/mol. The largest absolute Gasteiger partial charge is 0.444 e. The van der Waals surface area contributed by atoms with Crippen molar-refractivity contribution in [1.82, 2.24) is 9.80 Å². The number of allylic oxidation sites excluding steroid dienone is 1. The Labute approximate surface area is 158 Å². The maximum Gasteiger partial charge on any atom is 0.412 e. The van der Waals surface area contributed by atoms with Crippen molar-refractivity contribution in [2.24, 2.45) is 11.8 Å². The average Bonchev–Trinajstić information content (AvgIpc) is 2.80. The van der Waals surface area contributed by atoms with Gasteiger partial charge >= 0.3 is 6.09 Å². The van der Waals surface area contributed by atoms with Gasteiger partial charge in [0.2, 0.25) is 0 Å². The second-order valence-electron chi connectivity index (χ2n) is 9.20. The number of fused-ring (bicyclic) bond motifs is 2. The van der Waals surface area contributed by atoms with Crippen LogP contribution >= 0.6 is 0 Å². The molecule has 0 N–H and O–H groups in total. The van der Waals surface area contributed by atoms with Gasteiger partial charge in [0, 0.05) is 26.2 Å². The van der Waals surface area contributed by atoms with E-state index in [4.69, 9.17) is 9.47 Å². The van der Waals surface area contributed by atoms with E-state index in [1.807, 2.05) is 39.8 Å². The molecule has 5 heteroatoms. The molecule has 3 rings (SSSR count). The predicted molar refractivity (Wildman–Crippen MR) is 103 cm³/mol. The maximum absolute atomic E-state index is 13.0. The second kappa shape index (κ2) is 7.26. The van der Waals surface area contributed by atoms with Gasteiger partial charge in [0.1, 0.15) is 12.3 Å². The zero-order chi connectivity index (χ0) is 19.1. The van der Waals surface area contributed by atoms with E-state index in [0.29, 0.717) is 25.2 Å². The van der Waals surface area contributed by atoms with Crippen LogP contribution in [0.4, 0.5) is 4.79 Å². The van der Waals surface area contributed by atoms with Crippen molar-refractivity contribution in [3.05, 3.63) is 22.9 Å². The SMILES string of the molecule is CC1CCCC2=C1C1C(C2)/C(=C\N(C)C)COCN1C(=O)OC(C)(C)C. The van der Waals surface area contributed by atoms with Crippen LogP contribution in [-0.4, -0.2) is 55.0 Å². The normalized spacial score (nSPS) is 30.8. The van der Waals surface area contributed by atoms with Crippen LogP contribution in [0.15, 0.2) is 22.9 Å². The summed E-state index contributed by atoms with van der Waals surface area (Å²) in [5.74, 6) is 0.829.